The van der Waals surface area contributed by atoms with Crippen LogP contribution >= 0.6 is 0 Å². The van der Waals surface area contributed by atoms with E-state index in [2.05, 4.69) is 15.5 Å². The minimum Gasteiger partial charge on any atom is -0.481 e. The third-order valence-corrected chi connectivity index (χ3v) is 4.76. The third-order valence-electron chi connectivity index (χ3n) is 4.76. The number of hydrogen-bond donors (Lipinski definition) is 3. The van der Waals surface area contributed by atoms with Gasteiger partial charge in [0.25, 0.3) is 0 Å². The first-order valence-electron chi connectivity index (χ1n) is 7.28. The Balaban J connectivity index is 1.58. The summed E-state index contributed by atoms with van der Waals surface area (Å²) in [7, 11) is 0. The van der Waals surface area contributed by atoms with Crippen molar-refractivity contribution in [2.75, 3.05) is 5.32 Å². The minimum absolute atomic E-state index is 0.0201. The Bertz CT molecular complexity index is 795. The number of anilines is 1. The molecular weight excluding hydrogens is 282 g/mol. The first-order chi connectivity index (χ1) is 10.6. The molecule has 1 fully saturated rings. The Morgan fingerprint density at radius 3 is 2.77 bits per heavy atom. The second kappa shape index (κ2) is 4.69. The number of amides is 1. The molecule has 1 heterocycles. The van der Waals surface area contributed by atoms with Gasteiger partial charge in [-0.3, -0.25) is 14.7 Å². The molecule has 2 aliphatic carbocycles. The summed E-state index contributed by atoms with van der Waals surface area (Å²) in [5.74, 6) is -2.21. The molecule has 0 radical (unpaired) electrons. The number of carboxylic acid groups (broad SMARTS) is 1. The lowest BCUT2D eigenvalue weighted by Gasteiger charge is -2.23. The van der Waals surface area contributed by atoms with Gasteiger partial charge >= 0.3 is 5.97 Å². The zero-order valence-electron chi connectivity index (χ0n) is 11.7. The number of fused-ring (bicyclic) bond motifs is 3. The molecule has 22 heavy (non-hydrogen) atoms. The molecule has 4 atom stereocenters. The predicted molar refractivity (Wildman–Crippen MR) is 80.1 cm³/mol. The average molecular weight is 297 g/mol. The van der Waals surface area contributed by atoms with Crippen molar-refractivity contribution in [2.45, 2.75) is 6.42 Å². The van der Waals surface area contributed by atoms with E-state index in [0.29, 0.717) is 5.69 Å². The molecule has 112 valence electrons. The number of H-pyrrole nitrogens is 1. The lowest BCUT2D eigenvalue weighted by atomic mass is 9.82. The Labute approximate surface area is 126 Å². The lowest BCUT2D eigenvalue weighted by molar-refractivity contribution is -0.146. The van der Waals surface area contributed by atoms with Gasteiger partial charge in [0.15, 0.2) is 0 Å². The molecule has 0 spiro atoms. The van der Waals surface area contributed by atoms with E-state index in [0.717, 1.165) is 17.3 Å². The number of rotatable bonds is 3. The van der Waals surface area contributed by atoms with Crippen LogP contribution in [0.1, 0.15) is 6.42 Å². The number of benzene rings is 1. The SMILES string of the molecule is O=C(Nc1ccc2cn[nH]c2c1)[C@@H]1[C@@H](C(=O)O)[C@H]2C=C[C@@H]1C2. The number of aromatic nitrogens is 2. The van der Waals surface area contributed by atoms with Crippen molar-refractivity contribution < 1.29 is 14.7 Å². The predicted octanol–water partition coefficient (Wildman–Crippen LogP) is 2.02. The zero-order chi connectivity index (χ0) is 15.3. The lowest BCUT2D eigenvalue weighted by Crippen LogP contribution is -2.36. The van der Waals surface area contributed by atoms with E-state index in [9.17, 15) is 14.7 Å². The fraction of sp³-hybridized carbons (Fsp3) is 0.312. The van der Waals surface area contributed by atoms with Crippen LogP contribution in [0.15, 0.2) is 36.5 Å². The molecular formula is C16H15N3O3. The van der Waals surface area contributed by atoms with Gasteiger partial charge in [0.1, 0.15) is 0 Å². The number of aromatic amines is 1. The zero-order valence-corrected chi connectivity index (χ0v) is 11.7. The van der Waals surface area contributed by atoms with E-state index in [4.69, 9.17) is 0 Å². The van der Waals surface area contributed by atoms with Crippen molar-refractivity contribution in [1.29, 1.82) is 0 Å². The summed E-state index contributed by atoms with van der Waals surface area (Å²) < 4.78 is 0. The summed E-state index contributed by atoms with van der Waals surface area (Å²) in [5, 5.41) is 20.0. The van der Waals surface area contributed by atoms with Gasteiger partial charge in [0.2, 0.25) is 5.91 Å². The first kappa shape index (κ1) is 13.1. The second-order valence-electron chi connectivity index (χ2n) is 6.00. The number of nitrogens with zero attached hydrogens (tertiary/aromatic N) is 1. The van der Waals surface area contributed by atoms with Crippen molar-refractivity contribution >= 4 is 28.5 Å². The normalized spacial score (nSPS) is 29.1. The highest BCUT2D eigenvalue weighted by Gasteiger charge is 2.51. The van der Waals surface area contributed by atoms with Gasteiger partial charge in [0.05, 0.1) is 23.5 Å². The van der Waals surface area contributed by atoms with Crippen LogP contribution < -0.4 is 5.32 Å². The molecule has 3 N–H and O–H groups in total. The number of hydrogen-bond acceptors (Lipinski definition) is 3. The van der Waals surface area contributed by atoms with Crippen molar-refractivity contribution in [3.8, 4) is 0 Å². The van der Waals surface area contributed by atoms with E-state index in [-0.39, 0.29) is 17.7 Å². The maximum atomic E-state index is 12.6. The Kier molecular flexibility index (Phi) is 2.79. The fourth-order valence-electron chi connectivity index (χ4n) is 3.76. The highest BCUT2D eigenvalue weighted by atomic mass is 16.4. The van der Waals surface area contributed by atoms with E-state index in [1.807, 2.05) is 18.2 Å². The van der Waals surface area contributed by atoms with Crippen molar-refractivity contribution in [2.24, 2.45) is 23.7 Å². The summed E-state index contributed by atoms with van der Waals surface area (Å²) in [4.78, 5) is 24.0. The molecule has 2 aromatic rings. The average Bonchev–Trinajstić information content (AvgIpc) is 3.20. The number of carbonyl (C=O) groups is 2. The second-order valence-corrected chi connectivity index (χ2v) is 6.00. The van der Waals surface area contributed by atoms with E-state index >= 15 is 0 Å². The highest BCUT2D eigenvalue weighted by Crippen LogP contribution is 2.48. The van der Waals surface area contributed by atoms with Gasteiger partial charge in [-0.05, 0) is 36.5 Å². The molecule has 6 nitrogen and oxygen atoms in total. The topological polar surface area (TPSA) is 95.1 Å². The Morgan fingerprint density at radius 2 is 2.00 bits per heavy atom. The van der Waals surface area contributed by atoms with Gasteiger partial charge < -0.3 is 10.4 Å². The smallest absolute Gasteiger partial charge is 0.307 e. The maximum absolute atomic E-state index is 12.6. The van der Waals surface area contributed by atoms with Gasteiger partial charge in [0, 0.05) is 11.1 Å². The molecule has 0 aliphatic heterocycles. The van der Waals surface area contributed by atoms with Crippen LogP contribution in [0.4, 0.5) is 5.69 Å². The fourth-order valence-corrected chi connectivity index (χ4v) is 3.76. The van der Waals surface area contributed by atoms with E-state index < -0.39 is 17.8 Å². The van der Waals surface area contributed by atoms with Crippen LogP contribution in [0.3, 0.4) is 0 Å². The Hall–Kier alpha value is -2.63. The van der Waals surface area contributed by atoms with Crippen molar-refractivity contribution in [1.82, 2.24) is 10.2 Å². The van der Waals surface area contributed by atoms with Crippen LogP contribution in [0.25, 0.3) is 10.9 Å². The first-order valence-corrected chi connectivity index (χ1v) is 7.28. The van der Waals surface area contributed by atoms with Gasteiger partial charge in [-0.1, -0.05) is 12.2 Å². The summed E-state index contributed by atoms with van der Waals surface area (Å²) in [6.07, 6.45) is 6.38. The van der Waals surface area contributed by atoms with Crippen LogP contribution in [0, 0.1) is 23.7 Å². The molecule has 0 unspecified atom stereocenters. The Morgan fingerprint density at radius 1 is 1.23 bits per heavy atom. The molecule has 6 heteroatoms. The van der Waals surface area contributed by atoms with Gasteiger partial charge in [-0.25, -0.2) is 0 Å². The van der Waals surface area contributed by atoms with E-state index in [1.54, 1.807) is 18.3 Å². The molecule has 2 aliphatic rings. The van der Waals surface area contributed by atoms with Crippen LogP contribution in [0.2, 0.25) is 0 Å². The third kappa shape index (κ3) is 1.91. The molecule has 1 amide bonds. The summed E-state index contributed by atoms with van der Waals surface area (Å²) in [6, 6.07) is 5.47. The summed E-state index contributed by atoms with van der Waals surface area (Å²) >= 11 is 0. The van der Waals surface area contributed by atoms with Gasteiger partial charge in [-0.2, -0.15) is 5.10 Å². The van der Waals surface area contributed by atoms with Crippen molar-refractivity contribution in [3.63, 3.8) is 0 Å². The minimum atomic E-state index is -0.888. The number of aliphatic carboxylic acids is 1. The number of nitrogens with one attached hydrogen (secondary N) is 2. The molecule has 1 aromatic heterocycles. The molecule has 4 rings (SSSR count). The molecule has 0 saturated heterocycles. The highest BCUT2D eigenvalue weighted by molar-refractivity contribution is 5.97. The molecule has 1 saturated carbocycles. The van der Waals surface area contributed by atoms with Crippen LogP contribution in [-0.2, 0) is 9.59 Å². The molecule has 1 aromatic carbocycles. The quantitative estimate of drug-likeness (QED) is 0.755. The van der Waals surface area contributed by atoms with E-state index in [1.165, 1.54) is 0 Å². The van der Waals surface area contributed by atoms with Crippen LogP contribution in [-0.4, -0.2) is 27.2 Å². The monoisotopic (exact) mass is 297 g/mol. The number of carbonyl (C=O) groups excluding carboxylic acids is 1. The van der Waals surface area contributed by atoms with Gasteiger partial charge in [-0.15, -0.1) is 0 Å². The summed E-state index contributed by atoms with van der Waals surface area (Å²) in [6.45, 7) is 0. The molecule has 2 bridgehead atoms. The largest absolute Gasteiger partial charge is 0.481 e. The number of allylic oxidation sites excluding steroid dienone is 2. The standard InChI is InChI=1S/C16H15N3O3/c20-15(13-8-1-2-9(5-8)14(13)16(21)22)18-11-4-3-10-7-17-19-12(10)6-11/h1-4,6-9,13-14H,5H2,(H,17,19)(H,18,20)(H,21,22)/t8-,9+,13+,14+/m1/s1. The number of carboxylic acids is 1. The van der Waals surface area contributed by atoms with Crippen LogP contribution in [0.5, 0.6) is 0 Å². The van der Waals surface area contributed by atoms with Crippen molar-refractivity contribution in [3.05, 3.63) is 36.5 Å². The summed E-state index contributed by atoms with van der Waals surface area (Å²) in [5.41, 5.74) is 1.48. The maximum Gasteiger partial charge on any atom is 0.307 e.